The molecule has 0 spiro atoms. The molecule has 0 saturated carbocycles. The molecule has 0 aliphatic heterocycles. The van der Waals surface area contributed by atoms with E-state index in [1.54, 1.807) is 55.5 Å². The fourth-order valence-corrected chi connectivity index (χ4v) is 2.08. The molecule has 2 rings (SSSR count). The van der Waals surface area contributed by atoms with E-state index in [1.807, 2.05) is 0 Å². The zero-order valence-electron chi connectivity index (χ0n) is 14.2. The first-order chi connectivity index (χ1) is 12.1. The van der Waals surface area contributed by atoms with E-state index < -0.39 is 17.9 Å². The minimum Gasteiger partial charge on any atom is -0.496 e. The number of hydrazine groups is 1. The molecule has 0 bridgehead atoms. The highest BCUT2D eigenvalue weighted by atomic mass is 16.5. The number of nitrogens with one attached hydrogen (secondary N) is 2. The molecule has 0 radical (unpaired) electrons. The van der Waals surface area contributed by atoms with E-state index in [4.69, 9.17) is 14.2 Å². The molecule has 0 fully saturated rings. The zero-order valence-corrected chi connectivity index (χ0v) is 14.2. The molecule has 2 aromatic rings. The van der Waals surface area contributed by atoms with Gasteiger partial charge in [0.25, 0.3) is 11.8 Å². The molecule has 0 aliphatic rings. The van der Waals surface area contributed by atoms with Crippen LogP contribution in [0.2, 0.25) is 0 Å². The Morgan fingerprint density at radius 3 is 2.04 bits per heavy atom. The Hall–Kier alpha value is -3.22. The average Bonchev–Trinajstić information content (AvgIpc) is 2.66. The van der Waals surface area contributed by atoms with Crippen LogP contribution in [-0.2, 0) is 4.79 Å². The maximum absolute atomic E-state index is 12.1. The van der Waals surface area contributed by atoms with Crippen molar-refractivity contribution in [3.63, 3.8) is 0 Å². The van der Waals surface area contributed by atoms with Crippen molar-refractivity contribution in [2.75, 3.05) is 14.2 Å². The van der Waals surface area contributed by atoms with Gasteiger partial charge in [-0.25, -0.2) is 0 Å². The fraction of sp³-hybridized carbons (Fsp3) is 0.222. The van der Waals surface area contributed by atoms with Crippen LogP contribution in [-0.4, -0.2) is 32.1 Å². The summed E-state index contributed by atoms with van der Waals surface area (Å²) < 4.78 is 15.8. The number of hydrogen-bond donors (Lipinski definition) is 2. The van der Waals surface area contributed by atoms with Crippen LogP contribution in [0.15, 0.2) is 48.5 Å². The largest absolute Gasteiger partial charge is 0.496 e. The lowest BCUT2D eigenvalue weighted by atomic mass is 10.2. The van der Waals surface area contributed by atoms with Crippen LogP contribution in [0.3, 0.4) is 0 Å². The van der Waals surface area contributed by atoms with Gasteiger partial charge in [0.2, 0.25) is 0 Å². The van der Waals surface area contributed by atoms with Crippen LogP contribution in [0.25, 0.3) is 0 Å². The van der Waals surface area contributed by atoms with Gasteiger partial charge < -0.3 is 14.2 Å². The Morgan fingerprint density at radius 2 is 1.40 bits per heavy atom. The summed E-state index contributed by atoms with van der Waals surface area (Å²) >= 11 is 0. The first-order valence-electron chi connectivity index (χ1n) is 7.59. The molecule has 2 N–H and O–H groups in total. The molecule has 0 aliphatic carbocycles. The highest BCUT2D eigenvalue weighted by Crippen LogP contribution is 2.26. The number of amides is 2. The quantitative estimate of drug-likeness (QED) is 0.782. The first kappa shape index (κ1) is 18.1. The number of hydrogen-bond acceptors (Lipinski definition) is 5. The van der Waals surface area contributed by atoms with Gasteiger partial charge in [-0.3, -0.25) is 20.4 Å². The van der Waals surface area contributed by atoms with Gasteiger partial charge in [0.15, 0.2) is 17.6 Å². The summed E-state index contributed by atoms with van der Waals surface area (Å²) in [6, 6.07) is 13.7. The second-order valence-corrected chi connectivity index (χ2v) is 5.05. The van der Waals surface area contributed by atoms with E-state index in [0.717, 1.165) is 0 Å². The Kier molecular flexibility index (Phi) is 6.22. The molecule has 25 heavy (non-hydrogen) atoms. The van der Waals surface area contributed by atoms with Gasteiger partial charge in [-0.15, -0.1) is 0 Å². The third-order valence-corrected chi connectivity index (χ3v) is 3.39. The van der Waals surface area contributed by atoms with E-state index >= 15 is 0 Å². The smallest absolute Gasteiger partial charge is 0.279 e. The van der Waals surface area contributed by atoms with Crippen LogP contribution in [0.4, 0.5) is 0 Å². The Bertz CT molecular complexity index is 748. The summed E-state index contributed by atoms with van der Waals surface area (Å²) in [6.07, 6.45) is -0.839. The second-order valence-electron chi connectivity index (χ2n) is 5.05. The summed E-state index contributed by atoms with van der Waals surface area (Å²) in [5.74, 6) is 0.362. The highest BCUT2D eigenvalue weighted by Gasteiger charge is 2.18. The van der Waals surface area contributed by atoms with Crippen molar-refractivity contribution in [3.8, 4) is 17.2 Å². The number of methoxy groups -OCH3 is 2. The minimum absolute atomic E-state index is 0.309. The lowest BCUT2D eigenvalue weighted by molar-refractivity contribution is -0.128. The first-order valence-corrected chi connectivity index (χ1v) is 7.59. The third kappa shape index (κ3) is 4.63. The molecule has 2 aromatic carbocycles. The number of para-hydroxylation sites is 3. The predicted octanol–water partition coefficient (Wildman–Crippen LogP) is 1.93. The topological polar surface area (TPSA) is 85.9 Å². The summed E-state index contributed by atoms with van der Waals surface area (Å²) in [6.45, 7) is 1.57. The molecule has 0 heterocycles. The fourth-order valence-electron chi connectivity index (χ4n) is 2.08. The van der Waals surface area contributed by atoms with Crippen molar-refractivity contribution < 1.29 is 23.8 Å². The molecule has 1 atom stereocenters. The maximum atomic E-state index is 12.1. The molecular weight excluding hydrogens is 324 g/mol. The van der Waals surface area contributed by atoms with Gasteiger partial charge in [0.1, 0.15) is 5.75 Å². The van der Waals surface area contributed by atoms with E-state index in [0.29, 0.717) is 22.8 Å². The number of carbonyl (C=O) groups is 2. The van der Waals surface area contributed by atoms with Gasteiger partial charge >= 0.3 is 0 Å². The standard InChI is InChI=1S/C18H20N2O5/c1-12(25-16-11-7-6-10-15(16)24-3)17(21)19-20-18(22)13-8-4-5-9-14(13)23-2/h4-12H,1-3H3,(H,19,21)(H,20,22). The normalized spacial score (nSPS) is 11.2. The van der Waals surface area contributed by atoms with Crippen LogP contribution in [0.5, 0.6) is 17.2 Å². The lowest BCUT2D eigenvalue weighted by Crippen LogP contribution is -2.47. The summed E-state index contributed by atoms with van der Waals surface area (Å²) in [5.41, 5.74) is 4.98. The molecule has 132 valence electrons. The molecule has 1 unspecified atom stereocenters. The molecule has 7 heteroatoms. The van der Waals surface area contributed by atoms with Crippen LogP contribution in [0.1, 0.15) is 17.3 Å². The Balaban J connectivity index is 1.94. The van der Waals surface area contributed by atoms with Crippen LogP contribution < -0.4 is 25.1 Å². The number of benzene rings is 2. The summed E-state index contributed by atoms with van der Waals surface area (Å²) in [5, 5.41) is 0. The van der Waals surface area contributed by atoms with Crippen molar-refractivity contribution in [2.45, 2.75) is 13.0 Å². The van der Waals surface area contributed by atoms with Gasteiger partial charge in [-0.2, -0.15) is 0 Å². The van der Waals surface area contributed by atoms with Gasteiger partial charge in [0, 0.05) is 0 Å². The van der Waals surface area contributed by atoms with E-state index in [-0.39, 0.29) is 0 Å². The zero-order chi connectivity index (χ0) is 18.2. The predicted molar refractivity (Wildman–Crippen MR) is 91.7 cm³/mol. The van der Waals surface area contributed by atoms with Crippen molar-refractivity contribution in [3.05, 3.63) is 54.1 Å². The van der Waals surface area contributed by atoms with Gasteiger partial charge in [-0.1, -0.05) is 24.3 Å². The van der Waals surface area contributed by atoms with Gasteiger partial charge in [0.05, 0.1) is 19.8 Å². The van der Waals surface area contributed by atoms with Crippen LogP contribution >= 0.6 is 0 Å². The van der Waals surface area contributed by atoms with E-state index in [1.165, 1.54) is 14.2 Å². The molecular formula is C18H20N2O5. The number of rotatable bonds is 6. The monoisotopic (exact) mass is 344 g/mol. The highest BCUT2D eigenvalue weighted by molar-refractivity contribution is 5.98. The molecule has 7 nitrogen and oxygen atoms in total. The summed E-state index contributed by atoms with van der Waals surface area (Å²) in [4.78, 5) is 24.3. The van der Waals surface area contributed by atoms with E-state index in [2.05, 4.69) is 10.9 Å². The Labute approximate surface area is 145 Å². The molecule has 0 saturated heterocycles. The number of ether oxygens (including phenoxy) is 3. The average molecular weight is 344 g/mol. The lowest BCUT2D eigenvalue weighted by Gasteiger charge is -2.17. The molecule has 2 amide bonds. The summed E-state index contributed by atoms with van der Waals surface area (Å²) in [7, 11) is 2.98. The number of carbonyl (C=O) groups excluding carboxylic acids is 2. The Morgan fingerprint density at radius 1 is 0.840 bits per heavy atom. The van der Waals surface area contributed by atoms with Crippen molar-refractivity contribution in [1.82, 2.24) is 10.9 Å². The van der Waals surface area contributed by atoms with Crippen molar-refractivity contribution in [2.24, 2.45) is 0 Å². The SMILES string of the molecule is COc1ccccc1OC(C)C(=O)NNC(=O)c1ccccc1OC. The van der Waals surface area contributed by atoms with Crippen molar-refractivity contribution >= 4 is 11.8 Å². The van der Waals surface area contributed by atoms with Crippen LogP contribution in [0, 0.1) is 0 Å². The molecule has 0 aromatic heterocycles. The van der Waals surface area contributed by atoms with Gasteiger partial charge in [-0.05, 0) is 31.2 Å². The van der Waals surface area contributed by atoms with Crippen molar-refractivity contribution in [1.29, 1.82) is 0 Å². The van der Waals surface area contributed by atoms with E-state index in [9.17, 15) is 9.59 Å². The minimum atomic E-state index is -0.839. The third-order valence-electron chi connectivity index (χ3n) is 3.39. The second kappa shape index (κ2) is 8.58. The maximum Gasteiger partial charge on any atom is 0.279 e.